The van der Waals surface area contributed by atoms with Crippen molar-refractivity contribution in [3.8, 4) is 0 Å². The van der Waals surface area contributed by atoms with E-state index in [-0.39, 0.29) is 5.83 Å². The zero-order chi connectivity index (χ0) is 9.42. The summed E-state index contributed by atoms with van der Waals surface area (Å²) < 4.78 is 14.8. The van der Waals surface area contributed by atoms with E-state index in [9.17, 15) is 4.39 Å². The van der Waals surface area contributed by atoms with Gasteiger partial charge in [0.15, 0.2) is 0 Å². The Kier molecular flexibility index (Phi) is 2.26. The molecule has 1 aromatic rings. The van der Waals surface area contributed by atoms with Crippen molar-refractivity contribution < 1.29 is 4.39 Å². The van der Waals surface area contributed by atoms with Gasteiger partial charge in [0.05, 0.1) is 4.34 Å². The Labute approximate surface area is 84.7 Å². The molecule has 0 unspecified atom stereocenters. The third-order valence-corrected chi connectivity index (χ3v) is 3.68. The molecule has 1 aliphatic carbocycles. The van der Waals surface area contributed by atoms with Crippen molar-refractivity contribution in [3.63, 3.8) is 0 Å². The van der Waals surface area contributed by atoms with E-state index in [1.807, 2.05) is 13.0 Å². The summed E-state index contributed by atoms with van der Waals surface area (Å²) in [7, 11) is 0. The highest BCUT2D eigenvalue weighted by Crippen LogP contribution is 2.16. The lowest BCUT2D eigenvalue weighted by atomic mass is 10.3. The summed E-state index contributed by atoms with van der Waals surface area (Å²) in [5, 5.41) is 1.06. The molecule has 13 heavy (non-hydrogen) atoms. The molecule has 3 heteroatoms. The van der Waals surface area contributed by atoms with Gasteiger partial charge in [0.25, 0.3) is 0 Å². The lowest BCUT2D eigenvalue weighted by molar-refractivity contribution is 0.625. The first-order valence-electron chi connectivity index (χ1n) is 4.00. The van der Waals surface area contributed by atoms with E-state index in [1.165, 1.54) is 17.4 Å². The van der Waals surface area contributed by atoms with Crippen LogP contribution in [0.25, 0.3) is 12.2 Å². The molecule has 0 N–H and O–H groups in total. The monoisotopic (exact) mass is 214 g/mol. The number of fused-ring (bicyclic) bond motifs is 1. The van der Waals surface area contributed by atoms with Gasteiger partial charge in [-0.25, -0.2) is 4.39 Å². The van der Waals surface area contributed by atoms with Crippen molar-refractivity contribution in [2.24, 2.45) is 0 Å². The minimum absolute atomic E-state index is 0.0982. The molecule has 0 atom stereocenters. The summed E-state index contributed by atoms with van der Waals surface area (Å²) in [5.41, 5.74) is 1.05. The zero-order valence-corrected chi connectivity index (χ0v) is 8.68. The van der Waals surface area contributed by atoms with Crippen LogP contribution in [0.15, 0.2) is 11.9 Å². The van der Waals surface area contributed by atoms with E-state index in [1.54, 1.807) is 6.08 Å². The lowest BCUT2D eigenvalue weighted by Gasteiger charge is -1.84. The molecule has 1 aromatic heterocycles. The maximum absolute atomic E-state index is 12.9. The Morgan fingerprint density at radius 2 is 2.23 bits per heavy atom. The number of hydrogen-bond acceptors (Lipinski definition) is 1. The van der Waals surface area contributed by atoms with Gasteiger partial charge in [-0.05, 0) is 23.8 Å². The van der Waals surface area contributed by atoms with E-state index in [4.69, 9.17) is 11.6 Å². The number of hydrogen-bond donors (Lipinski definition) is 0. The van der Waals surface area contributed by atoms with Crippen LogP contribution in [-0.2, 0) is 0 Å². The molecule has 1 heterocycles. The van der Waals surface area contributed by atoms with Crippen molar-refractivity contribution in [3.05, 3.63) is 31.6 Å². The average Bonchev–Trinajstić information content (AvgIpc) is 2.28. The van der Waals surface area contributed by atoms with Crippen molar-refractivity contribution in [2.75, 3.05) is 0 Å². The number of allylic oxidation sites excluding steroid dienone is 2. The van der Waals surface area contributed by atoms with Gasteiger partial charge >= 0.3 is 0 Å². The first-order valence-corrected chi connectivity index (χ1v) is 5.19. The van der Waals surface area contributed by atoms with Crippen LogP contribution < -0.4 is 9.75 Å². The Hall–Kier alpha value is -0.600. The van der Waals surface area contributed by atoms with E-state index in [0.29, 0.717) is 6.42 Å². The molecule has 0 saturated heterocycles. The van der Waals surface area contributed by atoms with E-state index in [2.05, 4.69) is 0 Å². The highest BCUT2D eigenvalue weighted by Gasteiger charge is 2.04. The fourth-order valence-electron chi connectivity index (χ4n) is 1.31. The molecule has 0 aromatic carbocycles. The van der Waals surface area contributed by atoms with Crippen molar-refractivity contribution in [1.29, 1.82) is 0 Å². The summed E-state index contributed by atoms with van der Waals surface area (Å²) in [4.78, 5) is 0. The van der Waals surface area contributed by atoms with Gasteiger partial charge in [0.1, 0.15) is 5.83 Å². The maximum Gasteiger partial charge on any atom is 0.104 e. The van der Waals surface area contributed by atoms with Gasteiger partial charge in [-0.15, -0.1) is 11.3 Å². The molecule has 1 aliphatic rings. The summed E-state index contributed by atoms with van der Waals surface area (Å²) in [5.74, 6) is -0.0982. The fraction of sp³-hybridized carbons (Fsp3) is 0.200. The second kappa shape index (κ2) is 3.28. The highest BCUT2D eigenvalue weighted by molar-refractivity contribution is 7.14. The molecule has 0 fully saturated rings. The van der Waals surface area contributed by atoms with Crippen LogP contribution in [0.3, 0.4) is 0 Å². The van der Waals surface area contributed by atoms with Crippen LogP contribution in [0, 0.1) is 6.92 Å². The molecule has 0 spiro atoms. The van der Waals surface area contributed by atoms with Crippen molar-refractivity contribution in [2.45, 2.75) is 13.3 Å². The molecular formula is C10H8ClFS. The third kappa shape index (κ3) is 1.56. The van der Waals surface area contributed by atoms with Gasteiger partial charge < -0.3 is 0 Å². The summed E-state index contributed by atoms with van der Waals surface area (Å²) in [6.45, 7) is 1.96. The molecule has 0 amide bonds. The molecular weight excluding hydrogens is 207 g/mol. The second-order valence-corrected chi connectivity index (χ2v) is 4.62. The van der Waals surface area contributed by atoms with Crippen LogP contribution in [0.2, 0.25) is 4.34 Å². The van der Waals surface area contributed by atoms with E-state index in [0.717, 1.165) is 19.7 Å². The molecule has 0 nitrogen and oxygen atoms in total. The first-order chi connectivity index (χ1) is 6.18. The second-order valence-electron chi connectivity index (χ2n) is 2.97. The predicted octanol–water partition coefficient (Wildman–Crippen LogP) is 2.53. The predicted molar refractivity (Wildman–Crippen MR) is 56.1 cm³/mol. The molecule has 0 aliphatic heterocycles. The largest absolute Gasteiger partial charge is 0.211 e. The lowest BCUT2D eigenvalue weighted by Crippen LogP contribution is -2.19. The molecule has 2 rings (SSSR count). The summed E-state index contributed by atoms with van der Waals surface area (Å²) in [6, 6.07) is 0. The zero-order valence-electron chi connectivity index (χ0n) is 7.10. The minimum Gasteiger partial charge on any atom is -0.211 e. The molecule has 0 saturated carbocycles. The topological polar surface area (TPSA) is 0 Å². The molecule has 68 valence electrons. The first kappa shape index (κ1) is 8.97. The van der Waals surface area contributed by atoms with Crippen LogP contribution in [0.4, 0.5) is 4.39 Å². The maximum atomic E-state index is 12.9. The number of halogens is 2. The van der Waals surface area contributed by atoms with Gasteiger partial charge in [0.2, 0.25) is 0 Å². The SMILES string of the molecule is Cc1c(Cl)sc2c1=CC=C(F)CC=2. The normalized spacial score (nSPS) is 15.2. The van der Waals surface area contributed by atoms with Crippen LogP contribution in [-0.4, -0.2) is 0 Å². The molecule has 0 bridgehead atoms. The highest BCUT2D eigenvalue weighted by atomic mass is 35.5. The van der Waals surface area contributed by atoms with Gasteiger partial charge in [-0.1, -0.05) is 23.8 Å². The van der Waals surface area contributed by atoms with Gasteiger partial charge in [-0.2, -0.15) is 0 Å². The summed E-state index contributed by atoms with van der Waals surface area (Å²) >= 11 is 7.48. The summed E-state index contributed by atoms with van der Waals surface area (Å²) in [6.07, 6.45) is 5.57. The van der Waals surface area contributed by atoms with Crippen LogP contribution in [0.1, 0.15) is 12.0 Å². The van der Waals surface area contributed by atoms with Crippen LogP contribution in [0.5, 0.6) is 0 Å². The third-order valence-electron chi connectivity index (χ3n) is 2.08. The number of rotatable bonds is 0. The van der Waals surface area contributed by atoms with Gasteiger partial charge in [0, 0.05) is 11.0 Å². The van der Waals surface area contributed by atoms with Crippen LogP contribution >= 0.6 is 22.9 Å². The van der Waals surface area contributed by atoms with Gasteiger partial charge in [-0.3, -0.25) is 0 Å². The van der Waals surface area contributed by atoms with Crippen molar-refractivity contribution in [1.82, 2.24) is 0 Å². The Bertz CT molecular complexity index is 482. The van der Waals surface area contributed by atoms with E-state index >= 15 is 0 Å². The smallest absolute Gasteiger partial charge is 0.104 e. The quantitative estimate of drug-likeness (QED) is 0.623. The standard InChI is InChI=1S/C10H8ClFS/c1-6-8-4-2-7(12)3-5-9(8)13-10(6)11/h2,4-5H,3H2,1H3. The Morgan fingerprint density at radius 1 is 1.46 bits per heavy atom. The fourth-order valence-corrected chi connectivity index (χ4v) is 2.61. The van der Waals surface area contributed by atoms with E-state index < -0.39 is 0 Å². The number of thiophene rings is 1. The molecule has 0 radical (unpaired) electrons. The Morgan fingerprint density at radius 3 is 3.00 bits per heavy atom. The Balaban J connectivity index is 2.79. The minimum atomic E-state index is -0.0982. The average molecular weight is 215 g/mol. The van der Waals surface area contributed by atoms with Crippen molar-refractivity contribution >= 4 is 35.1 Å².